The molecule has 1 aromatic rings. The second kappa shape index (κ2) is 7.22. The summed E-state index contributed by atoms with van der Waals surface area (Å²) >= 11 is 6.16. The molecule has 2 rings (SSSR count). The topological polar surface area (TPSA) is 84.9 Å². The molecular formula is C18H24ClNO5. The highest BCUT2D eigenvalue weighted by atomic mass is 35.5. The number of ether oxygens (including phenoxy) is 2. The van der Waals surface area contributed by atoms with Gasteiger partial charge in [-0.25, -0.2) is 4.79 Å². The number of aliphatic carboxylic acids is 1. The zero-order chi connectivity index (χ0) is 18.8. The summed E-state index contributed by atoms with van der Waals surface area (Å²) in [6, 6.07) is 5.10. The predicted molar refractivity (Wildman–Crippen MR) is 94.0 cm³/mol. The second-order valence-electron chi connectivity index (χ2n) is 6.73. The summed E-state index contributed by atoms with van der Waals surface area (Å²) in [4.78, 5) is 24.5. The van der Waals surface area contributed by atoms with Gasteiger partial charge in [0.25, 0.3) is 0 Å². The monoisotopic (exact) mass is 369 g/mol. The number of hydrogen-bond donors (Lipinski definition) is 2. The van der Waals surface area contributed by atoms with Crippen LogP contribution in [0.3, 0.4) is 0 Å². The van der Waals surface area contributed by atoms with Crippen molar-refractivity contribution in [1.82, 2.24) is 5.32 Å². The minimum absolute atomic E-state index is 0.0622. The Morgan fingerprint density at radius 3 is 2.60 bits per heavy atom. The van der Waals surface area contributed by atoms with Crippen LogP contribution in [0.2, 0.25) is 5.02 Å². The molecule has 0 heterocycles. The Balaban J connectivity index is 2.20. The number of amides is 1. The van der Waals surface area contributed by atoms with Crippen LogP contribution < -0.4 is 10.1 Å². The van der Waals surface area contributed by atoms with Crippen molar-refractivity contribution >= 4 is 23.5 Å². The summed E-state index contributed by atoms with van der Waals surface area (Å²) < 4.78 is 10.8. The Morgan fingerprint density at radius 1 is 1.40 bits per heavy atom. The molecule has 1 amide bonds. The number of carbonyl (C=O) groups is 2. The molecule has 1 aliphatic carbocycles. The molecular weight excluding hydrogens is 346 g/mol. The van der Waals surface area contributed by atoms with Crippen molar-refractivity contribution in [2.24, 2.45) is 5.41 Å². The maximum absolute atomic E-state index is 12.6. The molecule has 6 nitrogen and oxygen atoms in total. The van der Waals surface area contributed by atoms with Crippen molar-refractivity contribution in [2.75, 3.05) is 13.7 Å². The van der Waals surface area contributed by atoms with E-state index in [4.69, 9.17) is 21.1 Å². The highest BCUT2D eigenvalue weighted by molar-refractivity contribution is 6.31. The highest BCUT2D eigenvalue weighted by Crippen LogP contribution is 2.51. The lowest BCUT2D eigenvalue weighted by atomic mass is 9.54. The van der Waals surface area contributed by atoms with E-state index in [0.717, 1.165) is 0 Å². The molecule has 25 heavy (non-hydrogen) atoms. The fraction of sp³-hybridized carbons (Fsp3) is 0.556. The quantitative estimate of drug-likeness (QED) is 0.771. The lowest BCUT2D eigenvalue weighted by Crippen LogP contribution is -2.76. The van der Waals surface area contributed by atoms with Gasteiger partial charge in [0, 0.05) is 29.0 Å². The average Bonchev–Trinajstić information content (AvgIpc) is 2.55. The second-order valence-corrected chi connectivity index (χ2v) is 7.13. The van der Waals surface area contributed by atoms with E-state index >= 15 is 0 Å². The van der Waals surface area contributed by atoms with E-state index in [0.29, 0.717) is 22.9 Å². The first kappa shape index (κ1) is 19.5. The summed E-state index contributed by atoms with van der Waals surface area (Å²) in [7, 11) is 1.49. The van der Waals surface area contributed by atoms with Gasteiger partial charge in [-0.3, -0.25) is 4.79 Å². The Labute approximate surface area is 152 Å². The lowest BCUT2D eigenvalue weighted by Gasteiger charge is -2.58. The number of hydrogen-bond acceptors (Lipinski definition) is 4. The van der Waals surface area contributed by atoms with E-state index in [1.807, 2.05) is 6.92 Å². The summed E-state index contributed by atoms with van der Waals surface area (Å²) in [6.07, 6.45) is -0.0503. The van der Waals surface area contributed by atoms with Crippen LogP contribution in [0.5, 0.6) is 5.75 Å². The predicted octanol–water partition coefficient (Wildman–Crippen LogP) is 2.67. The van der Waals surface area contributed by atoms with Crippen molar-refractivity contribution in [3.05, 3.63) is 28.8 Å². The van der Waals surface area contributed by atoms with Crippen LogP contribution in [-0.4, -0.2) is 42.3 Å². The van der Waals surface area contributed by atoms with Gasteiger partial charge in [0.15, 0.2) is 0 Å². The molecule has 1 saturated carbocycles. The molecule has 0 radical (unpaired) electrons. The number of nitrogens with one attached hydrogen (secondary N) is 1. The van der Waals surface area contributed by atoms with Gasteiger partial charge in [-0.05, 0) is 19.1 Å². The van der Waals surface area contributed by atoms with Crippen LogP contribution in [0.1, 0.15) is 32.8 Å². The van der Waals surface area contributed by atoms with Crippen LogP contribution >= 0.6 is 11.6 Å². The van der Waals surface area contributed by atoms with E-state index in [1.165, 1.54) is 7.11 Å². The molecule has 0 saturated heterocycles. The fourth-order valence-electron chi connectivity index (χ4n) is 3.38. The summed E-state index contributed by atoms with van der Waals surface area (Å²) in [5, 5.41) is 12.9. The highest BCUT2D eigenvalue weighted by Gasteiger charge is 2.66. The van der Waals surface area contributed by atoms with Gasteiger partial charge >= 0.3 is 5.97 Å². The van der Waals surface area contributed by atoms with Gasteiger partial charge in [0.05, 0.1) is 19.6 Å². The molecule has 2 unspecified atom stereocenters. The van der Waals surface area contributed by atoms with Crippen LogP contribution in [0.15, 0.2) is 18.2 Å². The number of halogens is 1. The molecule has 1 aliphatic rings. The summed E-state index contributed by atoms with van der Waals surface area (Å²) in [5.74, 6) is -0.989. The molecule has 0 bridgehead atoms. The zero-order valence-electron chi connectivity index (χ0n) is 14.9. The Kier molecular flexibility index (Phi) is 5.64. The van der Waals surface area contributed by atoms with E-state index in [1.54, 1.807) is 32.0 Å². The Hall–Kier alpha value is -1.79. The van der Waals surface area contributed by atoms with Gasteiger partial charge in [-0.1, -0.05) is 31.5 Å². The first-order chi connectivity index (χ1) is 11.7. The molecule has 7 heteroatoms. The van der Waals surface area contributed by atoms with Crippen molar-refractivity contribution in [3.63, 3.8) is 0 Å². The molecule has 0 spiro atoms. The van der Waals surface area contributed by atoms with E-state index in [-0.39, 0.29) is 18.9 Å². The molecule has 0 aromatic heterocycles. The molecule has 0 aliphatic heterocycles. The molecule has 1 aromatic carbocycles. The SMILES string of the molecule is CCOC1CC(NC(=O)Cc2c(Cl)cccc2OC)(C(=O)O)C1(C)C. The lowest BCUT2D eigenvalue weighted by molar-refractivity contribution is -0.194. The third-order valence-electron chi connectivity index (χ3n) is 5.12. The number of methoxy groups -OCH3 is 1. The average molecular weight is 370 g/mol. The van der Waals surface area contributed by atoms with E-state index in [2.05, 4.69) is 5.32 Å². The standard InChI is InChI=1S/C18H24ClNO5/c1-5-25-14-10-18(16(22)23,17(14,2)3)20-15(21)9-11-12(19)7-6-8-13(11)24-4/h6-8,14H,5,9-10H2,1-4H3,(H,20,21)(H,22,23). The van der Waals surface area contributed by atoms with E-state index in [9.17, 15) is 14.7 Å². The number of benzene rings is 1. The first-order valence-electron chi connectivity index (χ1n) is 8.17. The fourth-order valence-corrected chi connectivity index (χ4v) is 3.61. The Morgan fingerprint density at radius 2 is 2.08 bits per heavy atom. The van der Waals surface area contributed by atoms with Crippen molar-refractivity contribution < 1.29 is 24.2 Å². The van der Waals surface area contributed by atoms with Crippen LogP contribution in [0.25, 0.3) is 0 Å². The normalized spacial score (nSPS) is 24.3. The maximum Gasteiger partial charge on any atom is 0.330 e. The van der Waals surface area contributed by atoms with Gasteiger partial charge in [-0.15, -0.1) is 0 Å². The van der Waals surface area contributed by atoms with Gasteiger partial charge in [0.2, 0.25) is 5.91 Å². The van der Waals surface area contributed by atoms with Gasteiger partial charge < -0.3 is 19.9 Å². The first-order valence-corrected chi connectivity index (χ1v) is 8.54. The minimum Gasteiger partial charge on any atom is -0.496 e. The van der Waals surface area contributed by atoms with Crippen molar-refractivity contribution in [3.8, 4) is 5.75 Å². The molecule has 2 atom stereocenters. The van der Waals surface area contributed by atoms with Crippen LogP contribution in [0.4, 0.5) is 0 Å². The summed E-state index contributed by atoms with van der Waals surface area (Å²) in [6.45, 7) is 5.94. The van der Waals surface area contributed by atoms with Gasteiger partial charge in [0.1, 0.15) is 11.3 Å². The third-order valence-corrected chi connectivity index (χ3v) is 5.47. The largest absolute Gasteiger partial charge is 0.496 e. The third kappa shape index (κ3) is 3.33. The molecule has 2 N–H and O–H groups in total. The molecule has 1 fully saturated rings. The number of carboxylic acids is 1. The van der Waals surface area contributed by atoms with E-state index < -0.39 is 22.8 Å². The number of carbonyl (C=O) groups excluding carboxylic acids is 1. The van der Waals surface area contributed by atoms with Crippen LogP contribution in [0, 0.1) is 5.41 Å². The maximum atomic E-state index is 12.6. The Bertz CT molecular complexity index is 675. The van der Waals surface area contributed by atoms with Crippen molar-refractivity contribution in [2.45, 2.75) is 45.3 Å². The molecule has 138 valence electrons. The van der Waals surface area contributed by atoms with Gasteiger partial charge in [-0.2, -0.15) is 0 Å². The smallest absolute Gasteiger partial charge is 0.330 e. The minimum atomic E-state index is -1.36. The number of rotatable bonds is 7. The van der Waals surface area contributed by atoms with Crippen molar-refractivity contribution in [1.29, 1.82) is 0 Å². The zero-order valence-corrected chi connectivity index (χ0v) is 15.6. The number of carboxylic acid groups (broad SMARTS) is 1. The van der Waals surface area contributed by atoms with Crippen LogP contribution in [-0.2, 0) is 20.7 Å². The summed E-state index contributed by atoms with van der Waals surface area (Å²) in [5.41, 5.74) is -1.56.